The Hall–Kier alpha value is -1.74. The first-order valence-electron chi connectivity index (χ1n) is 7.27. The molecule has 1 amide bonds. The van der Waals surface area contributed by atoms with E-state index in [-0.39, 0.29) is 5.91 Å². The maximum atomic E-state index is 12.3. The zero-order valence-corrected chi connectivity index (χ0v) is 13.4. The van der Waals surface area contributed by atoms with E-state index in [0.717, 1.165) is 22.6 Å². The van der Waals surface area contributed by atoms with Gasteiger partial charge in [-0.3, -0.25) is 4.79 Å². The molecule has 0 saturated carbocycles. The van der Waals surface area contributed by atoms with Crippen LogP contribution in [0.4, 0.5) is 0 Å². The summed E-state index contributed by atoms with van der Waals surface area (Å²) in [5.74, 6) is 0.980. The van der Waals surface area contributed by atoms with Gasteiger partial charge in [0.05, 0.1) is 5.56 Å². The molecular weight excluding hydrogens is 278 g/mol. The molecule has 0 spiro atoms. The lowest BCUT2D eigenvalue weighted by atomic mass is 10.1. The Morgan fingerprint density at radius 1 is 1.10 bits per heavy atom. The fourth-order valence-electron chi connectivity index (χ4n) is 2.23. The van der Waals surface area contributed by atoms with Crippen molar-refractivity contribution >= 4 is 17.7 Å². The van der Waals surface area contributed by atoms with E-state index >= 15 is 0 Å². The quantitative estimate of drug-likeness (QED) is 0.814. The van der Waals surface area contributed by atoms with Gasteiger partial charge in [-0.25, -0.2) is 0 Å². The smallest absolute Gasteiger partial charge is 0.252 e. The van der Waals surface area contributed by atoms with Gasteiger partial charge in [0.1, 0.15) is 0 Å². The van der Waals surface area contributed by atoms with E-state index in [0.29, 0.717) is 6.54 Å². The summed E-state index contributed by atoms with van der Waals surface area (Å²) in [6.07, 6.45) is 0.863. The van der Waals surface area contributed by atoms with Crippen LogP contribution in [0.1, 0.15) is 28.4 Å². The average Bonchev–Trinajstić information content (AvgIpc) is 2.50. The van der Waals surface area contributed by atoms with Crippen molar-refractivity contribution in [3.8, 4) is 0 Å². The van der Waals surface area contributed by atoms with Crippen LogP contribution in [0.2, 0.25) is 0 Å². The summed E-state index contributed by atoms with van der Waals surface area (Å²) >= 11 is 1.70. The van der Waals surface area contributed by atoms with Crippen LogP contribution in [0.5, 0.6) is 0 Å². The molecule has 0 unspecified atom stereocenters. The predicted octanol–water partition coefficient (Wildman–Crippen LogP) is 4.08. The molecule has 0 aromatic heterocycles. The Morgan fingerprint density at radius 3 is 2.57 bits per heavy atom. The Bertz CT molecular complexity index is 610. The largest absolute Gasteiger partial charge is 0.352 e. The number of amides is 1. The Labute approximate surface area is 131 Å². The van der Waals surface area contributed by atoms with E-state index in [1.54, 1.807) is 11.8 Å². The highest BCUT2D eigenvalue weighted by Crippen LogP contribution is 2.22. The minimum Gasteiger partial charge on any atom is -0.352 e. The van der Waals surface area contributed by atoms with Gasteiger partial charge in [0, 0.05) is 11.4 Å². The van der Waals surface area contributed by atoms with Crippen molar-refractivity contribution in [3.63, 3.8) is 0 Å². The van der Waals surface area contributed by atoms with Gasteiger partial charge in [-0.1, -0.05) is 43.3 Å². The van der Waals surface area contributed by atoms with Gasteiger partial charge >= 0.3 is 0 Å². The van der Waals surface area contributed by atoms with Crippen LogP contribution in [-0.4, -0.2) is 18.2 Å². The van der Waals surface area contributed by atoms with E-state index in [1.807, 2.05) is 36.4 Å². The van der Waals surface area contributed by atoms with Crippen molar-refractivity contribution < 1.29 is 4.79 Å². The third-order valence-corrected chi connectivity index (χ3v) is 4.33. The highest BCUT2D eigenvalue weighted by Gasteiger charge is 2.10. The Morgan fingerprint density at radius 2 is 1.81 bits per heavy atom. The number of carbonyl (C=O) groups excluding carboxylic acids is 1. The number of benzene rings is 2. The van der Waals surface area contributed by atoms with Crippen LogP contribution in [0.3, 0.4) is 0 Å². The van der Waals surface area contributed by atoms with Crippen molar-refractivity contribution in [2.45, 2.75) is 25.2 Å². The molecule has 110 valence electrons. The van der Waals surface area contributed by atoms with Gasteiger partial charge in [0.2, 0.25) is 0 Å². The highest BCUT2D eigenvalue weighted by molar-refractivity contribution is 7.99. The molecule has 0 aliphatic heterocycles. The summed E-state index contributed by atoms with van der Waals surface area (Å²) < 4.78 is 0. The Kier molecular flexibility index (Phi) is 5.88. The highest BCUT2D eigenvalue weighted by atomic mass is 32.2. The summed E-state index contributed by atoms with van der Waals surface area (Å²) in [4.78, 5) is 13.3. The summed E-state index contributed by atoms with van der Waals surface area (Å²) in [6.45, 7) is 4.86. The second kappa shape index (κ2) is 7.89. The standard InChI is InChI=1S/C18H21NOS/c1-3-21-17-11-7-6-10-16(17)18(20)19-13-12-15-9-5-4-8-14(15)2/h4-11H,3,12-13H2,1-2H3,(H,19,20). The third kappa shape index (κ3) is 4.36. The topological polar surface area (TPSA) is 29.1 Å². The normalized spacial score (nSPS) is 10.4. The summed E-state index contributed by atoms with van der Waals surface area (Å²) in [6, 6.07) is 16.1. The number of aryl methyl sites for hydroxylation is 1. The van der Waals surface area contributed by atoms with Crippen LogP contribution in [0, 0.1) is 6.92 Å². The van der Waals surface area contributed by atoms with Crippen LogP contribution >= 0.6 is 11.8 Å². The lowest BCUT2D eigenvalue weighted by molar-refractivity contribution is 0.0951. The molecule has 2 aromatic carbocycles. The minimum atomic E-state index is 0.0140. The molecule has 21 heavy (non-hydrogen) atoms. The minimum absolute atomic E-state index is 0.0140. The monoisotopic (exact) mass is 299 g/mol. The van der Waals surface area contributed by atoms with E-state index in [2.05, 4.69) is 31.3 Å². The van der Waals surface area contributed by atoms with Crippen LogP contribution in [0.25, 0.3) is 0 Å². The van der Waals surface area contributed by atoms with Gasteiger partial charge < -0.3 is 5.32 Å². The second-order valence-corrected chi connectivity index (χ2v) is 6.17. The average molecular weight is 299 g/mol. The van der Waals surface area contributed by atoms with Crippen molar-refractivity contribution in [2.75, 3.05) is 12.3 Å². The molecule has 2 aromatic rings. The molecule has 2 rings (SSSR count). The lowest BCUT2D eigenvalue weighted by Gasteiger charge is -2.10. The van der Waals surface area contributed by atoms with Crippen molar-refractivity contribution in [1.29, 1.82) is 0 Å². The molecule has 0 atom stereocenters. The van der Waals surface area contributed by atoms with Crippen molar-refractivity contribution in [2.24, 2.45) is 0 Å². The first kappa shape index (κ1) is 15.6. The van der Waals surface area contributed by atoms with E-state index in [9.17, 15) is 4.79 Å². The van der Waals surface area contributed by atoms with Crippen LogP contribution in [-0.2, 0) is 6.42 Å². The first-order chi connectivity index (χ1) is 10.2. The van der Waals surface area contributed by atoms with Gasteiger partial charge in [-0.05, 0) is 42.4 Å². The first-order valence-corrected chi connectivity index (χ1v) is 8.25. The molecule has 1 N–H and O–H groups in total. The van der Waals surface area contributed by atoms with Gasteiger partial charge in [0.25, 0.3) is 5.91 Å². The predicted molar refractivity (Wildman–Crippen MR) is 90.1 cm³/mol. The maximum Gasteiger partial charge on any atom is 0.252 e. The molecule has 0 aliphatic rings. The second-order valence-electron chi connectivity index (χ2n) is 4.86. The number of carbonyl (C=O) groups is 1. The summed E-state index contributed by atoms with van der Waals surface area (Å²) in [5.41, 5.74) is 3.33. The molecule has 0 heterocycles. The molecule has 0 saturated heterocycles. The van der Waals surface area contributed by atoms with Gasteiger partial charge in [-0.2, -0.15) is 0 Å². The van der Waals surface area contributed by atoms with E-state index in [1.165, 1.54) is 11.1 Å². The molecule has 0 bridgehead atoms. The molecule has 0 aliphatic carbocycles. The summed E-state index contributed by atoms with van der Waals surface area (Å²) in [7, 11) is 0. The third-order valence-electron chi connectivity index (χ3n) is 3.37. The number of hydrogen-bond donors (Lipinski definition) is 1. The maximum absolute atomic E-state index is 12.3. The Balaban J connectivity index is 1.95. The van der Waals surface area contributed by atoms with Crippen molar-refractivity contribution in [3.05, 3.63) is 65.2 Å². The van der Waals surface area contributed by atoms with Gasteiger partial charge in [-0.15, -0.1) is 11.8 Å². The molecule has 2 nitrogen and oxygen atoms in total. The zero-order chi connectivity index (χ0) is 15.1. The molecule has 3 heteroatoms. The number of thioether (sulfide) groups is 1. The fraction of sp³-hybridized carbons (Fsp3) is 0.278. The molecule has 0 fully saturated rings. The summed E-state index contributed by atoms with van der Waals surface area (Å²) in [5, 5.41) is 3.02. The number of hydrogen-bond acceptors (Lipinski definition) is 2. The van der Waals surface area contributed by atoms with Crippen LogP contribution in [0.15, 0.2) is 53.4 Å². The van der Waals surface area contributed by atoms with Crippen molar-refractivity contribution in [1.82, 2.24) is 5.32 Å². The SMILES string of the molecule is CCSc1ccccc1C(=O)NCCc1ccccc1C. The molecular formula is C18H21NOS. The zero-order valence-electron chi connectivity index (χ0n) is 12.6. The van der Waals surface area contributed by atoms with E-state index < -0.39 is 0 Å². The van der Waals surface area contributed by atoms with E-state index in [4.69, 9.17) is 0 Å². The fourth-order valence-corrected chi connectivity index (χ4v) is 3.03. The molecule has 0 radical (unpaired) electrons. The van der Waals surface area contributed by atoms with Crippen LogP contribution < -0.4 is 5.32 Å². The van der Waals surface area contributed by atoms with Gasteiger partial charge in [0.15, 0.2) is 0 Å². The number of rotatable bonds is 6. The lowest BCUT2D eigenvalue weighted by Crippen LogP contribution is -2.26. The number of nitrogens with one attached hydrogen (secondary N) is 1.